The van der Waals surface area contributed by atoms with Crippen molar-refractivity contribution in [1.29, 1.82) is 0 Å². The lowest BCUT2D eigenvalue weighted by atomic mass is 10.1. The van der Waals surface area contributed by atoms with Crippen LogP contribution >= 0.6 is 11.6 Å². The summed E-state index contributed by atoms with van der Waals surface area (Å²) >= 11 is 6.04. The second kappa shape index (κ2) is 4.53. The third kappa shape index (κ3) is 2.04. The molecular weight excluding hydrogens is 248 g/mol. The van der Waals surface area contributed by atoms with E-state index in [1.165, 1.54) is 11.1 Å². The molecule has 18 heavy (non-hydrogen) atoms. The van der Waals surface area contributed by atoms with Gasteiger partial charge < -0.3 is 10.6 Å². The zero-order valence-electron chi connectivity index (χ0n) is 10.2. The maximum Gasteiger partial charge on any atom is 0.128 e. The molecule has 0 unspecified atom stereocenters. The van der Waals surface area contributed by atoms with E-state index in [0.717, 1.165) is 36.0 Å². The average molecular weight is 263 g/mol. The first kappa shape index (κ1) is 11.4. The van der Waals surface area contributed by atoms with E-state index in [2.05, 4.69) is 15.7 Å². The van der Waals surface area contributed by atoms with Crippen molar-refractivity contribution in [2.45, 2.75) is 13.0 Å². The summed E-state index contributed by atoms with van der Waals surface area (Å²) in [6.45, 7) is 1.65. The van der Waals surface area contributed by atoms with Gasteiger partial charge in [-0.15, -0.1) is 0 Å². The minimum atomic E-state index is 0.769. The molecule has 94 valence electrons. The van der Waals surface area contributed by atoms with Crippen LogP contribution < -0.4 is 10.6 Å². The molecule has 0 amide bonds. The van der Waals surface area contributed by atoms with Gasteiger partial charge in [0.2, 0.25) is 0 Å². The van der Waals surface area contributed by atoms with Crippen LogP contribution in [0.4, 0.5) is 11.5 Å². The largest absolute Gasteiger partial charge is 0.381 e. The van der Waals surface area contributed by atoms with Crippen LogP contribution in [0.3, 0.4) is 0 Å². The fourth-order valence-electron chi connectivity index (χ4n) is 2.29. The summed E-state index contributed by atoms with van der Waals surface area (Å²) in [6.07, 6.45) is 2.84. The maximum atomic E-state index is 6.04. The van der Waals surface area contributed by atoms with Crippen LogP contribution in [0.15, 0.2) is 24.4 Å². The lowest BCUT2D eigenvalue weighted by Crippen LogP contribution is -2.09. The van der Waals surface area contributed by atoms with E-state index in [1.807, 2.05) is 36.1 Å². The molecule has 5 heteroatoms. The molecule has 0 spiro atoms. The third-order valence-corrected chi connectivity index (χ3v) is 3.47. The first-order valence-corrected chi connectivity index (χ1v) is 6.39. The molecule has 0 fully saturated rings. The van der Waals surface area contributed by atoms with Crippen molar-refractivity contribution >= 4 is 23.1 Å². The topological polar surface area (TPSA) is 41.9 Å². The highest BCUT2D eigenvalue weighted by Gasteiger charge is 2.12. The predicted molar refractivity (Wildman–Crippen MR) is 74.2 cm³/mol. The van der Waals surface area contributed by atoms with E-state index >= 15 is 0 Å². The number of halogens is 1. The van der Waals surface area contributed by atoms with Gasteiger partial charge in [0, 0.05) is 36.4 Å². The summed E-state index contributed by atoms with van der Waals surface area (Å²) in [5, 5.41) is 11.9. The van der Waals surface area contributed by atoms with Crippen LogP contribution in [0.25, 0.3) is 0 Å². The number of aromatic nitrogens is 2. The monoisotopic (exact) mass is 262 g/mol. The summed E-state index contributed by atoms with van der Waals surface area (Å²) in [5.41, 5.74) is 3.58. The number of nitrogens with one attached hydrogen (secondary N) is 2. The van der Waals surface area contributed by atoms with Crippen LogP contribution in [0.1, 0.15) is 11.1 Å². The number of aryl methyl sites for hydroxylation is 1. The molecule has 1 aliphatic rings. The van der Waals surface area contributed by atoms with Crippen molar-refractivity contribution in [2.24, 2.45) is 7.05 Å². The van der Waals surface area contributed by atoms with Crippen LogP contribution in [-0.2, 0) is 20.0 Å². The second-order valence-corrected chi connectivity index (χ2v) is 4.91. The number of rotatable bonds is 0. The summed E-state index contributed by atoms with van der Waals surface area (Å²) in [7, 11) is 1.95. The van der Waals surface area contributed by atoms with Gasteiger partial charge in [0.05, 0.1) is 6.20 Å². The van der Waals surface area contributed by atoms with Crippen molar-refractivity contribution in [3.8, 4) is 0 Å². The standard InChI is InChI=1S/C13H15ClN4/c1-18-13-10(8-17-18)7-16-12-3-2-11(14)6-9(12)4-5-15-13/h2-3,6,8,15-16H,4-5,7H2,1H3. The van der Waals surface area contributed by atoms with E-state index in [9.17, 15) is 0 Å². The number of benzene rings is 1. The maximum absolute atomic E-state index is 6.04. The normalized spacial score (nSPS) is 14.3. The number of anilines is 2. The van der Waals surface area contributed by atoms with Gasteiger partial charge in [-0.3, -0.25) is 4.68 Å². The molecule has 2 aromatic rings. The third-order valence-electron chi connectivity index (χ3n) is 3.24. The van der Waals surface area contributed by atoms with Crippen LogP contribution in [0, 0.1) is 0 Å². The molecule has 1 aromatic carbocycles. The molecule has 2 heterocycles. The van der Waals surface area contributed by atoms with Gasteiger partial charge in [0.25, 0.3) is 0 Å². The van der Waals surface area contributed by atoms with E-state index in [-0.39, 0.29) is 0 Å². The Labute approximate surface area is 111 Å². The molecule has 1 aromatic heterocycles. The Balaban J connectivity index is 1.94. The van der Waals surface area contributed by atoms with Gasteiger partial charge in [-0.05, 0) is 30.2 Å². The van der Waals surface area contributed by atoms with Crippen molar-refractivity contribution in [2.75, 3.05) is 17.2 Å². The van der Waals surface area contributed by atoms with E-state index in [0.29, 0.717) is 0 Å². The Morgan fingerprint density at radius 3 is 3.06 bits per heavy atom. The van der Waals surface area contributed by atoms with Crippen LogP contribution in [-0.4, -0.2) is 16.3 Å². The first-order valence-electron chi connectivity index (χ1n) is 6.01. The smallest absolute Gasteiger partial charge is 0.128 e. The molecule has 0 aliphatic carbocycles. The number of hydrogen-bond acceptors (Lipinski definition) is 3. The molecule has 2 N–H and O–H groups in total. The Kier molecular flexibility index (Phi) is 2.88. The van der Waals surface area contributed by atoms with Crippen LogP contribution in [0.5, 0.6) is 0 Å². The molecule has 0 bridgehead atoms. The van der Waals surface area contributed by atoms with Crippen molar-refractivity contribution in [1.82, 2.24) is 9.78 Å². The fourth-order valence-corrected chi connectivity index (χ4v) is 2.48. The molecule has 0 saturated heterocycles. The minimum absolute atomic E-state index is 0.769. The number of nitrogens with zero attached hydrogens (tertiary/aromatic N) is 2. The predicted octanol–water partition coefficient (Wildman–Crippen LogP) is 2.65. The second-order valence-electron chi connectivity index (χ2n) is 4.47. The van der Waals surface area contributed by atoms with Crippen molar-refractivity contribution in [3.05, 3.63) is 40.5 Å². The highest BCUT2D eigenvalue weighted by molar-refractivity contribution is 6.30. The van der Waals surface area contributed by atoms with Gasteiger partial charge in [-0.2, -0.15) is 5.10 Å². The number of fused-ring (bicyclic) bond motifs is 2. The molecular formula is C13H15ClN4. The highest BCUT2D eigenvalue weighted by atomic mass is 35.5. The molecule has 0 saturated carbocycles. The van der Waals surface area contributed by atoms with E-state index in [4.69, 9.17) is 11.6 Å². The molecule has 0 radical (unpaired) electrons. The highest BCUT2D eigenvalue weighted by Crippen LogP contribution is 2.25. The van der Waals surface area contributed by atoms with Gasteiger partial charge in [-0.1, -0.05) is 11.6 Å². The SMILES string of the molecule is Cn1ncc2c1NCCc1cc(Cl)ccc1NC2. The van der Waals surface area contributed by atoms with Gasteiger partial charge in [0.1, 0.15) is 5.82 Å². The summed E-state index contributed by atoms with van der Waals surface area (Å²) < 4.78 is 1.87. The van der Waals surface area contributed by atoms with Crippen molar-refractivity contribution in [3.63, 3.8) is 0 Å². The van der Waals surface area contributed by atoms with Crippen molar-refractivity contribution < 1.29 is 0 Å². The van der Waals surface area contributed by atoms with Gasteiger partial charge in [0.15, 0.2) is 0 Å². The minimum Gasteiger partial charge on any atom is -0.381 e. The Morgan fingerprint density at radius 2 is 2.17 bits per heavy atom. The number of hydrogen-bond donors (Lipinski definition) is 2. The lowest BCUT2D eigenvalue weighted by molar-refractivity contribution is 0.767. The zero-order chi connectivity index (χ0) is 12.5. The zero-order valence-corrected chi connectivity index (χ0v) is 11.0. The molecule has 4 nitrogen and oxygen atoms in total. The summed E-state index contributed by atoms with van der Waals surface area (Å²) in [4.78, 5) is 0. The van der Waals surface area contributed by atoms with Crippen LogP contribution in [0.2, 0.25) is 5.02 Å². The Morgan fingerprint density at radius 1 is 1.28 bits per heavy atom. The summed E-state index contributed by atoms with van der Waals surface area (Å²) in [5.74, 6) is 1.08. The quantitative estimate of drug-likeness (QED) is 0.767. The lowest BCUT2D eigenvalue weighted by Gasteiger charge is -2.10. The Bertz CT molecular complexity index is 576. The average Bonchev–Trinajstić information content (AvgIpc) is 2.73. The summed E-state index contributed by atoms with van der Waals surface area (Å²) in [6, 6.07) is 5.99. The van der Waals surface area contributed by atoms with E-state index < -0.39 is 0 Å². The van der Waals surface area contributed by atoms with Gasteiger partial charge >= 0.3 is 0 Å². The van der Waals surface area contributed by atoms with Gasteiger partial charge in [-0.25, -0.2) is 0 Å². The fraction of sp³-hybridized carbons (Fsp3) is 0.308. The van der Waals surface area contributed by atoms with E-state index in [1.54, 1.807) is 0 Å². The molecule has 1 aliphatic heterocycles. The first-order chi connectivity index (χ1) is 8.74. The molecule has 0 atom stereocenters. The molecule has 3 rings (SSSR count). The Hall–Kier alpha value is -1.68.